The molecule has 0 aliphatic rings. The van der Waals surface area contributed by atoms with Gasteiger partial charge in [0.1, 0.15) is 5.69 Å². The van der Waals surface area contributed by atoms with E-state index in [9.17, 15) is 18.5 Å². The smallest absolute Gasteiger partial charge is 0.293 e. The normalized spacial score (nSPS) is 12.5. The van der Waals surface area contributed by atoms with Crippen molar-refractivity contribution in [3.63, 3.8) is 0 Å². The lowest BCUT2D eigenvalue weighted by atomic mass is 10.0. The number of benzene rings is 2. The maximum Gasteiger partial charge on any atom is 0.293 e. The summed E-state index contributed by atoms with van der Waals surface area (Å²) < 4.78 is 23.5. The van der Waals surface area contributed by atoms with Crippen molar-refractivity contribution < 1.29 is 13.3 Å². The Bertz CT molecular complexity index is 1080. The summed E-state index contributed by atoms with van der Waals surface area (Å²) in [6, 6.07) is 15.6. The van der Waals surface area contributed by atoms with E-state index >= 15 is 0 Å². The minimum atomic E-state index is -3.54. The summed E-state index contributed by atoms with van der Waals surface area (Å²) in [5, 5.41) is 16.8. The van der Waals surface area contributed by atoms with Gasteiger partial charge in [-0.1, -0.05) is 37.3 Å². The van der Waals surface area contributed by atoms with Gasteiger partial charge in [0.05, 0.1) is 15.9 Å². The molecule has 0 fully saturated rings. The van der Waals surface area contributed by atoms with Gasteiger partial charge in [-0.3, -0.25) is 10.1 Å². The average Bonchev–Trinajstić information content (AvgIpc) is 3.19. The Hall–Kier alpha value is -2.71. The van der Waals surface area contributed by atoms with Gasteiger partial charge in [-0.25, -0.2) is 8.42 Å². The molecule has 1 heterocycles. The summed E-state index contributed by atoms with van der Waals surface area (Å²) in [5.41, 5.74) is 2.18. The predicted octanol–water partition coefficient (Wildman–Crippen LogP) is 4.82. The molecule has 2 aromatic carbocycles. The number of anilines is 1. The van der Waals surface area contributed by atoms with Gasteiger partial charge < -0.3 is 5.32 Å². The second-order valence-electron chi connectivity index (χ2n) is 6.40. The number of sulfone groups is 1. The topological polar surface area (TPSA) is 89.3 Å². The number of rotatable bonds is 7. The van der Waals surface area contributed by atoms with Crippen LogP contribution in [0.5, 0.6) is 0 Å². The van der Waals surface area contributed by atoms with Gasteiger partial charge in [0.25, 0.3) is 5.69 Å². The Morgan fingerprint density at radius 3 is 2.39 bits per heavy atom. The number of hydrogen-bond donors (Lipinski definition) is 1. The van der Waals surface area contributed by atoms with Crippen LogP contribution in [0.1, 0.15) is 29.0 Å². The summed E-state index contributed by atoms with van der Waals surface area (Å²) in [7, 11) is -3.54. The quantitative estimate of drug-likeness (QED) is 0.440. The first-order valence-corrected chi connectivity index (χ1v) is 11.4. The SMILES string of the molecule is CCc1ccc([C@H](Nc2ccc(S(C)(=O)=O)cc2[N+](=O)[O-])c2cccs2)cc1. The second kappa shape index (κ2) is 8.12. The highest BCUT2D eigenvalue weighted by atomic mass is 32.2. The van der Waals surface area contributed by atoms with E-state index in [-0.39, 0.29) is 22.3 Å². The van der Waals surface area contributed by atoms with Crippen molar-refractivity contribution in [3.05, 3.63) is 86.1 Å². The predicted molar refractivity (Wildman–Crippen MR) is 112 cm³/mol. The summed E-state index contributed by atoms with van der Waals surface area (Å²) in [6.45, 7) is 2.08. The standard InChI is InChI=1S/C20H20N2O4S2/c1-3-14-6-8-15(9-7-14)20(19-5-4-12-27-19)21-17-11-10-16(28(2,25)26)13-18(17)22(23)24/h4-13,20-21H,3H2,1-2H3/t20-/m0/s1. The average molecular weight is 417 g/mol. The van der Waals surface area contributed by atoms with E-state index in [4.69, 9.17) is 0 Å². The zero-order valence-electron chi connectivity index (χ0n) is 15.5. The van der Waals surface area contributed by atoms with Gasteiger partial charge >= 0.3 is 0 Å². The molecule has 0 saturated heterocycles. The van der Waals surface area contributed by atoms with Crippen LogP contribution in [-0.4, -0.2) is 19.6 Å². The molecule has 28 heavy (non-hydrogen) atoms. The minimum absolute atomic E-state index is 0.0790. The van der Waals surface area contributed by atoms with Gasteiger partial charge in [-0.15, -0.1) is 11.3 Å². The van der Waals surface area contributed by atoms with E-state index < -0.39 is 14.8 Å². The summed E-state index contributed by atoms with van der Waals surface area (Å²) in [4.78, 5) is 11.9. The molecule has 0 saturated carbocycles. The molecular formula is C20H20N2O4S2. The summed E-state index contributed by atoms with van der Waals surface area (Å²) in [5.74, 6) is 0. The molecule has 1 atom stereocenters. The van der Waals surface area contributed by atoms with E-state index in [1.54, 1.807) is 11.3 Å². The van der Waals surface area contributed by atoms with Gasteiger partial charge in [-0.2, -0.15) is 0 Å². The highest BCUT2D eigenvalue weighted by Gasteiger charge is 2.23. The molecular weight excluding hydrogens is 396 g/mol. The molecule has 146 valence electrons. The number of nitrogens with one attached hydrogen (secondary N) is 1. The molecule has 0 amide bonds. The number of nitro groups is 1. The molecule has 0 unspecified atom stereocenters. The molecule has 1 N–H and O–H groups in total. The third kappa shape index (κ3) is 4.40. The lowest BCUT2D eigenvalue weighted by Crippen LogP contribution is -2.13. The van der Waals surface area contributed by atoms with Crippen LogP contribution in [0, 0.1) is 10.1 Å². The zero-order chi connectivity index (χ0) is 20.3. The lowest BCUT2D eigenvalue weighted by Gasteiger charge is -2.20. The van der Waals surface area contributed by atoms with Gasteiger partial charge in [-0.05, 0) is 41.1 Å². The zero-order valence-corrected chi connectivity index (χ0v) is 17.1. The van der Waals surface area contributed by atoms with Crippen LogP contribution >= 0.6 is 11.3 Å². The van der Waals surface area contributed by atoms with Crippen LogP contribution in [0.3, 0.4) is 0 Å². The molecule has 0 spiro atoms. The molecule has 3 rings (SSSR count). The molecule has 1 aromatic heterocycles. The second-order valence-corrected chi connectivity index (χ2v) is 9.39. The first-order chi connectivity index (χ1) is 13.3. The summed E-state index contributed by atoms with van der Waals surface area (Å²) >= 11 is 1.55. The number of nitro benzene ring substituents is 1. The fourth-order valence-corrected chi connectivity index (χ4v) is 4.33. The van der Waals surface area contributed by atoms with Crippen molar-refractivity contribution in [2.75, 3.05) is 11.6 Å². The van der Waals surface area contributed by atoms with E-state index in [1.807, 2.05) is 41.8 Å². The molecule has 0 radical (unpaired) electrons. The van der Waals surface area contributed by atoms with E-state index in [0.29, 0.717) is 0 Å². The minimum Gasteiger partial charge on any atom is -0.368 e. The van der Waals surface area contributed by atoms with Crippen LogP contribution < -0.4 is 5.32 Å². The number of thiophene rings is 1. The Labute approximate surface area is 167 Å². The Morgan fingerprint density at radius 1 is 1.14 bits per heavy atom. The lowest BCUT2D eigenvalue weighted by molar-refractivity contribution is -0.384. The fraction of sp³-hybridized carbons (Fsp3) is 0.200. The summed E-state index contributed by atoms with van der Waals surface area (Å²) in [6.07, 6.45) is 1.96. The molecule has 3 aromatic rings. The van der Waals surface area contributed by atoms with Crippen LogP contribution in [0.2, 0.25) is 0 Å². The van der Waals surface area contributed by atoms with Gasteiger partial charge in [0.15, 0.2) is 9.84 Å². The van der Waals surface area contributed by atoms with Crippen LogP contribution in [0.25, 0.3) is 0 Å². The molecule has 0 aliphatic heterocycles. The largest absolute Gasteiger partial charge is 0.368 e. The molecule has 6 nitrogen and oxygen atoms in total. The van der Waals surface area contributed by atoms with Crippen LogP contribution in [-0.2, 0) is 16.3 Å². The monoisotopic (exact) mass is 416 g/mol. The molecule has 8 heteroatoms. The van der Waals surface area contributed by atoms with Gasteiger partial charge in [0, 0.05) is 17.2 Å². The highest BCUT2D eigenvalue weighted by molar-refractivity contribution is 7.90. The van der Waals surface area contributed by atoms with E-state index in [2.05, 4.69) is 12.2 Å². The van der Waals surface area contributed by atoms with E-state index in [1.165, 1.54) is 17.7 Å². The van der Waals surface area contributed by atoms with Crippen molar-refractivity contribution in [1.82, 2.24) is 0 Å². The highest BCUT2D eigenvalue weighted by Crippen LogP contribution is 2.35. The third-order valence-corrected chi connectivity index (χ3v) is 6.49. The number of aryl methyl sites for hydroxylation is 1. The third-order valence-electron chi connectivity index (χ3n) is 4.44. The van der Waals surface area contributed by atoms with Crippen LogP contribution in [0.4, 0.5) is 11.4 Å². The number of nitrogens with zero attached hydrogens (tertiary/aromatic N) is 1. The molecule has 0 bridgehead atoms. The Kier molecular flexibility index (Phi) is 5.81. The van der Waals surface area contributed by atoms with Gasteiger partial charge in [0.2, 0.25) is 0 Å². The first kappa shape index (κ1) is 20.0. The molecule has 0 aliphatic carbocycles. The fourth-order valence-electron chi connectivity index (χ4n) is 2.89. The van der Waals surface area contributed by atoms with Crippen molar-refractivity contribution >= 4 is 32.5 Å². The van der Waals surface area contributed by atoms with Crippen molar-refractivity contribution in [1.29, 1.82) is 0 Å². The maximum atomic E-state index is 11.8. The van der Waals surface area contributed by atoms with Crippen molar-refractivity contribution in [2.24, 2.45) is 0 Å². The Morgan fingerprint density at radius 2 is 1.86 bits per heavy atom. The van der Waals surface area contributed by atoms with Crippen molar-refractivity contribution in [2.45, 2.75) is 24.3 Å². The van der Waals surface area contributed by atoms with Crippen LogP contribution in [0.15, 0.2) is 64.9 Å². The first-order valence-electron chi connectivity index (χ1n) is 8.67. The van der Waals surface area contributed by atoms with E-state index in [0.717, 1.165) is 29.2 Å². The maximum absolute atomic E-state index is 11.8. The number of hydrogen-bond acceptors (Lipinski definition) is 6. The van der Waals surface area contributed by atoms with Crippen molar-refractivity contribution in [3.8, 4) is 0 Å². The Balaban J connectivity index is 2.04.